The van der Waals surface area contributed by atoms with Gasteiger partial charge in [0.2, 0.25) is 0 Å². The van der Waals surface area contributed by atoms with E-state index in [4.69, 9.17) is 0 Å². The van der Waals surface area contributed by atoms with Gasteiger partial charge in [-0.05, 0) is 16.7 Å². The Kier molecular flexibility index (Phi) is 20.5. The molecule has 0 aliphatic rings. The van der Waals surface area contributed by atoms with Crippen molar-refractivity contribution in [3.8, 4) is 35.5 Å². The second-order valence-electron chi connectivity index (χ2n) is 8.89. The van der Waals surface area contributed by atoms with E-state index in [-0.39, 0.29) is 51.2 Å². The van der Waals surface area contributed by atoms with Crippen LogP contribution in [0.3, 0.4) is 0 Å². The summed E-state index contributed by atoms with van der Waals surface area (Å²) in [7, 11) is 0. The molecule has 0 aliphatic carbocycles. The predicted octanol–water partition coefficient (Wildman–Crippen LogP) is 9.25. The van der Waals surface area contributed by atoms with Crippen LogP contribution in [0.2, 0.25) is 0 Å². The third-order valence-electron chi connectivity index (χ3n) is 5.73. The average Bonchev–Trinajstić information content (AvgIpc) is 3.89. The van der Waals surface area contributed by atoms with E-state index in [9.17, 15) is 0 Å². The van der Waals surface area contributed by atoms with Crippen molar-refractivity contribution in [1.82, 2.24) is 0 Å². The van der Waals surface area contributed by atoms with E-state index >= 15 is 0 Å². The average molecular weight is 702 g/mol. The van der Waals surface area contributed by atoms with Gasteiger partial charge < -0.3 is 0 Å². The topological polar surface area (TPSA) is 0 Å². The van der Waals surface area contributed by atoms with Crippen molar-refractivity contribution >= 4 is 0 Å². The summed E-state index contributed by atoms with van der Waals surface area (Å²) in [5, 5.41) is 0. The normalized spacial score (nSPS) is 8.27. The van der Waals surface area contributed by atoms with Crippen molar-refractivity contribution in [3.05, 3.63) is 215 Å². The van der Waals surface area contributed by atoms with E-state index in [1.807, 2.05) is 182 Å². The van der Waals surface area contributed by atoms with Gasteiger partial charge in [-0.2, -0.15) is 127 Å². The Bertz CT molecular complexity index is 1610. The van der Waals surface area contributed by atoms with Crippen LogP contribution in [-0.4, -0.2) is 0 Å². The van der Waals surface area contributed by atoms with Gasteiger partial charge in [0.05, 0.1) is 0 Å². The molecule has 0 heterocycles. The number of rotatable bonds is 0. The Balaban J connectivity index is 0.000000459. The van der Waals surface area contributed by atoms with Crippen molar-refractivity contribution in [3.63, 3.8) is 0 Å². The summed E-state index contributed by atoms with van der Waals surface area (Å²) in [6, 6.07) is 59.9. The molecule has 0 N–H and O–H groups in total. The van der Waals surface area contributed by atoms with Crippen LogP contribution in [0.15, 0.2) is 182 Å². The minimum atomic E-state index is 0. The molecule has 0 nitrogen and oxygen atoms in total. The van der Waals surface area contributed by atoms with Gasteiger partial charge in [-0.1, -0.05) is 34.9 Å². The number of hydrogen-bond acceptors (Lipinski definition) is 0. The Morgan fingerprint density at radius 1 is 0.356 bits per heavy atom. The molecule has 222 valence electrons. The van der Waals surface area contributed by atoms with Gasteiger partial charge >= 0.3 is 51.2 Å². The van der Waals surface area contributed by atoms with Gasteiger partial charge in [0.15, 0.2) is 0 Å². The number of benzene rings is 1. The van der Waals surface area contributed by atoms with Crippen LogP contribution in [-0.2, 0) is 51.2 Å². The van der Waals surface area contributed by atoms with Crippen LogP contribution < -0.4 is 0 Å². The predicted molar refractivity (Wildman–Crippen MR) is 177 cm³/mol. The molecular formula is C42H30Fe3. The van der Waals surface area contributed by atoms with Crippen molar-refractivity contribution in [1.29, 1.82) is 0 Å². The standard InChI is InChI=1S/C27H15.3C5H5.3Fe/c1-2-9-22(8-1)16-19-25-14-7-15-26(20-17-23-10-3-4-11-23)27(25)21-18-24-12-5-6-13-24;3*1-2-4-5-3-1;;;/h1-15H;3*1-5H;;;/q-3;3*-1;3*+2. The third kappa shape index (κ3) is 15.2. The fourth-order valence-electron chi connectivity index (χ4n) is 3.64. The first kappa shape index (κ1) is 38.6. The molecule has 7 rings (SSSR count). The fourth-order valence-corrected chi connectivity index (χ4v) is 3.64. The van der Waals surface area contributed by atoms with Crippen molar-refractivity contribution in [2.75, 3.05) is 0 Å². The van der Waals surface area contributed by atoms with Gasteiger partial charge in [-0.3, -0.25) is 0 Å². The molecule has 0 bridgehead atoms. The maximum Gasteiger partial charge on any atom is 2.00 e. The van der Waals surface area contributed by atoms with Crippen LogP contribution >= 0.6 is 0 Å². The van der Waals surface area contributed by atoms with Gasteiger partial charge in [0.25, 0.3) is 0 Å². The van der Waals surface area contributed by atoms with Crippen molar-refractivity contribution < 1.29 is 51.2 Å². The Morgan fingerprint density at radius 3 is 0.911 bits per heavy atom. The summed E-state index contributed by atoms with van der Waals surface area (Å²) in [6.07, 6.45) is 0. The van der Waals surface area contributed by atoms with Crippen LogP contribution in [0.4, 0.5) is 0 Å². The largest absolute Gasteiger partial charge is 2.00 e. The summed E-state index contributed by atoms with van der Waals surface area (Å²) in [6.45, 7) is 0. The van der Waals surface area contributed by atoms with Crippen LogP contribution in [0.1, 0.15) is 33.4 Å². The second kappa shape index (κ2) is 23.9. The maximum atomic E-state index is 3.29. The molecule has 0 unspecified atom stereocenters. The minimum Gasteiger partial charge on any atom is -0.214 e. The Morgan fingerprint density at radius 2 is 0.644 bits per heavy atom. The van der Waals surface area contributed by atoms with E-state index in [0.29, 0.717) is 0 Å². The molecule has 0 aromatic heterocycles. The Hall–Kier alpha value is -4.44. The smallest absolute Gasteiger partial charge is 0.214 e. The van der Waals surface area contributed by atoms with Gasteiger partial charge in [0.1, 0.15) is 0 Å². The molecule has 7 aromatic rings. The summed E-state index contributed by atoms with van der Waals surface area (Å²) in [5.74, 6) is 19.4. The van der Waals surface area contributed by atoms with E-state index in [2.05, 4.69) is 35.5 Å². The summed E-state index contributed by atoms with van der Waals surface area (Å²) in [5.41, 5.74) is 5.64. The van der Waals surface area contributed by atoms with Gasteiger partial charge in [-0.25, -0.2) is 36.4 Å². The Labute approximate surface area is 300 Å². The van der Waals surface area contributed by atoms with Crippen LogP contribution in [0.25, 0.3) is 0 Å². The molecule has 0 fully saturated rings. The van der Waals surface area contributed by atoms with Gasteiger partial charge in [0, 0.05) is 0 Å². The minimum absolute atomic E-state index is 0. The molecule has 45 heavy (non-hydrogen) atoms. The monoisotopic (exact) mass is 702 g/mol. The molecule has 0 saturated carbocycles. The molecule has 7 aromatic carbocycles. The summed E-state index contributed by atoms with van der Waals surface area (Å²) in [4.78, 5) is 0. The molecule has 0 spiro atoms. The SMILES string of the molecule is C(#C[c-]1cccc1)c1cccc(C#C[c-]2cccc2)c1C#C[c-]1cccc1.[Fe+2].[Fe+2].[Fe+2].c1cc[cH-]c1.c1cc[cH-]c1.c1cc[cH-]c1. The first-order valence-electron chi connectivity index (χ1n) is 13.7. The maximum absolute atomic E-state index is 3.29. The van der Waals surface area contributed by atoms with E-state index in [1.54, 1.807) is 0 Å². The molecule has 0 atom stereocenters. The van der Waals surface area contributed by atoms with E-state index in [0.717, 1.165) is 33.4 Å². The van der Waals surface area contributed by atoms with Gasteiger partial charge in [-0.15, -0.1) is 36.4 Å². The fraction of sp³-hybridized carbons (Fsp3) is 0. The molecular weight excluding hydrogens is 672 g/mol. The second-order valence-corrected chi connectivity index (χ2v) is 8.89. The molecule has 0 aliphatic heterocycles. The summed E-state index contributed by atoms with van der Waals surface area (Å²) < 4.78 is 0. The zero-order valence-electron chi connectivity index (χ0n) is 24.4. The van der Waals surface area contributed by atoms with E-state index in [1.165, 1.54) is 0 Å². The molecule has 0 amide bonds. The first-order valence-corrected chi connectivity index (χ1v) is 13.7. The van der Waals surface area contributed by atoms with Crippen molar-refractivity contribution in [2.24, 2.45) is 0 Å². The molecule has 0 radical (unpaired) electrons. The molecule has 3 heteroatoms. The van der Waals surface area contributed by atoms with Crippen LogP contribution in [0.5, 0.6) is 0 Å². The van der Waals surface area contributed by atoms with Crippen molar-refractivity contribution in [2.45, 2.75) is 0 Å². The van der Waals surface area contributed by atoms with E-state index < -0.39 is 0 Å². The quantitative estimate of drug-likeness (QED) is 0.0841. The zero-order valence-corrected chi connectivity index (χ0v) is 27.7. The third-order valence-corrected chi connectivity index (χ3v) is 5.73. The number of hydrogen-bond donors (Lipinski definition) is 0. The zero-order chi connectivity index (χ0) is 28.9. The van der Waals surface area contributed by atoms with Crippen LogP contribution in [0, 0.1) is 35.5 Å². The summed E-state index contributed by atoms with van der Waals surface area (Å²) >= 11 is 0. The first-order chi connectivity index (χ1) is 20.9. The molecule has 0 saturated heterocycles.